The van der Waals surface area contributed by atoms with Gasteiger partial charge in [0.05, 0.1) is 0 Å². The van der Waals surface area contributed by atoms with Gasteiger partial charge in [-0.05, 0) is 63.5 Å². The van der Waals surface area contributed by atoms with Crippen LogP contribution in [0.5, 0.6) is 0 Å². The van der Waals surface area contributed by atoms with Crippen LogP contribution in [-0.2, 0) is 0 Å². The highest BCUT2D eigenvalue weighted by Crippen LogP contribution is 2.33. The molecule has 1 nitrogen and oxygen atoms in total. The lowest BCUT2D eigenvalue weighted by molar-refractivity contribution is 0.974. The number of anilines is 1. The summed E-state index contributed by atoms with van der Waals surface area (Å²) in [5, 5.41) is 0. The van der Waals surface area contributed by atoms with E-state index in [1.165, 1.54) is 25.9 Å². The van der Waals surface area contributed by atoms with Crippen LogP contribution in [0.1, 0.15) is 22.6 Å². The Hall–Kier alpha value is -1.81. The highest BCUT2D eigenvalue weighted by Gasteiger charge is 2.16. The zero-order valence-electron chi connectivity index (χ0n) is 13.4. The van der Waals surface area contributed by atoms with Crippen molar-refractivity contribution in [3.05, 3.63) is 99.1 Å². The Kier molecular flexibility index (Phi) is 5.01. The second kappa shape index (κ2) is 7.18. The summed E-state index contributed by atoms with van der Waals surface area (Å²) in [5.41, 5.74) is 5.20. The second-order valence-electron chi connectivity index (χ2n) is 5.88. The number of nitrogens with zero attached hydrogens (tertiary/aromatic N) is 1. The standard InChI is InChI=1S/C21H20IN/c1-23(2)20-14-10-18(11-15-20)21(16-6-4-3-5-7-16)17-8-12-19(22)13-9-17/h3-15,21H,1-2H3. The second-order valence-corrected chi connectivity index (χ2v) is 7.13. The molecule has 3 rings (SSSR count). The van der Waals surface area contributed by atoms with Crippen molar-refractivity contribution in [1.82, 2.24) is 0 Å². The van der Waals surface area contributed by atoms with E-state index in [0.717, 1.165) is 0 Å². The van der Waals surface area contributed by atoms with E-state index < -0.39 is 0 Å². The lowest BCUT2D eigenvalue weighted by Crippen LogP contribution is -2.09. The van der Waals surface area contributed by atoms with Crippen LogP contribution in [0.3, 0.4) is 0 Å². The minimum Gasteiger partial charge on any atom is -0.378 e. The Morgan fingerprint density at radius 3 is 1.65 bits per heavy atom. The molecule has 0 spiro atoms. The molecular formula is C21H20IN. The molecule has 0 fully saturated rings. The summed E-state index contributed by atoms with van der Waals surface area (Å²) in [4.78, 5) is 2.13. The van der Waals surface area contributed by atoms with E-state index in [2.05, 4.69) is 120 Å². The molecule has 0 saturated heterocycles. The van der Waals surface area contributed by atoms with Crippen molar-refractivity contribution < 1.29 is 0 Å². The predicted octanol–water partition coefficient (Wildman–Crippen LogP) is 5.54. The molecule has 3 aromatic carbocycles. The Bertz CT molecular complexity index is 746. The number of hydrogen-bond donors (Lipinski definition) is 0. The summed E-state index contributed by atoms with van der Waals surface area (Å²) in [6.07, 6.45) is 0. The fourth-order valence-corrected chi connectivity index (χ4v) is 3.20. The van der Waals surface area contributed by atoms with Crippen molar-refractivity contribution in [1.29, 1.82) is 0 Å². The summed E-state index contributed by atoms with van der Waals surface area (Å²) in [6.45, 7) is 0. The van der Waals surface area contributed by atoms with Crippen molar-refractivity contribution in [2.45, 2.75) is 5.92 Å². The molecule has 116 valence electrons. The molecule has 0 amide bonds. The molecule has 0 heterocycles. The smallest absolute Gasteiger partial charge is 0.0361 e. The third kappa shape index (κ3) is 3.75. The summed E-state index contributed by atoms with van der Waals surface area (Å²) < 4.78 is 1.26. The van der Waals surface area contributed by atoms with Crippen LogP contribution in [0.2, 0.25) is 0 Å². The van der Waals surface area contributed by atoms with Gasteiger partial charge in [-0.2, -0.15) is 0 Å². The van der Waals surface area contributed by atoms with E-state index in [4.69, 9.17) is 0 Å². The molecule has 23 heavy (non-hydrogen) atoms. The van der Waals surface area contributed by atoms with Gasteiger partial charge in [-0.3, -0.25) is 0 Å². The van der Waals surface area contributed by atoms with Gasteiger partial charge in [0.2, 0.25) is 0 Å². The first kappa shape index (κ1) is 16.1. The van der Waals surface area contributed by atoms with E-state index in [1.54, 1.807) is 0 Å². The first-order chi connectivity index (χ1) is 11.1. The zero-order chi connectivity index (χ0) is 16.2. The van der Waals surface area contributed by atoms with Gasteiger partial charge in [0.15, 0.2) is 0 Å². The fraction of sp³-hybridized carbons (Fsp3) is 0.143. The quantitative estimate of drug-likeness (QED) is 0.401. The average Bonchev–Trinajstić information content (AvgIpc) is 2.58. The number of hydrogen-bond acceptors (Lipinski definition) is 1. The van der Waals surface area contributed by atoms with Crippen molar-refractivity contribution in [3.8, 4) is 0 Å². The first-order valence-electron chi connectivity index (χ1n) is 7.73. The van der Waals surface area contributed by atoms with E-state index in [1.807, 2.05) is 0 Å². The molecule has 0 aromatic heterocycles. The Labute approximate surface area is 152 Å². The maximum atomic E-state index is 2.36. The molecule has 0 aliphatic rings. The highest BCUT2D eigenvalue weighted by atomic mass is 127. The summed E-state index contributed by atoms with van der Waals surface area (Å²) >= 11 is 2.36. The Morgan fingerprint density at radius 2 is 1.13 bits per heavy atom. The minimum absolute atomic E-state index is 0.268. The van der Waals surface area contributed by atoms with E-state index in [-0.39, 0.29) is 5.92 Å². The van der Waals surface area contributed by atoms with Crippen LogP contribution in [0.25, 0.3) is 0 Å². The van der Waals surface area contributed by atoms with Gasteiger partial charge in [0, 0.05) is 29.3 Å². The minimum atomic E-state index is 0.268. The number of rotatable bonds is 4. The third-order valence-electron chi connectivity index (χ3n) is 4.08. The van der Waals surface area contributed by atoms with E-state index in [0.29, 0.717) is 0 Å². The Balaban J connectivity index is 2.06. The number of benzene rings is 3. The van der Waals surface area contributed by atoms with Crippen LogP contribution >= 0.6 is 22.6 Å². The Morgan fingerprint density at radius 1 is 0.652 bits per heavy atom. The van der Waals surface area contributed by atoms with Gasteiger partial charge in [0.1, 0.15) is 0 Å². The largest absolute Gasteiger partial charge is 0.378 e. The summed E-state index contributed by atoms with van der Waals surface area (Å²) in [6, 6.07) is 28.4. The highest BCUT2D eigenvalue weighted by molar-refractivity contribution is 14.1. The van der Waals surface area contributed by atoms with Crippen LogP contribution in [-0.4, -0.2) is 14.1 Å². The monoisotopic (exact) mass is 413 g/mol. The molecule has 3 aromatic rings. The SMILES string of the molecule is CN(C)c1ccc(C(c2ccccc2)c2ccc(I)cc2)cc1. The molecule has 1 atom stereocenters. The normalized spacial score (nSPS) is 12.0. The predicted molar refractivity (Wildman–Crippen MR) is 107 cm³/mol. The topological polar surface area (TPSA) is 3.24 Å². The van der Waals surface area contributed by atoms with Crippen molar-refractivity contribution in [3.63, 3.8) is 0 Å². The molecule has 1 unspecified atom stereocenters. The van der Waals surface area contributed by atoms with Gasteiger partial charge in [0.25, 0.3) is 0 Å². The van der Waals surface area contributed by atoms with Crippen molar-refractivity contribution >= 4 is 28.3 Å². The summed E-state index contributed by atoms with van der Waals surface area (Å²) in [5.74, 6) is 0.268. The van der Waals surface area contributed by atoms with Crippen LogP contribution in [0.4, 0.5) is 5.69 Å². The van der Waals surface area contributed by atoms with E-state index in [9.17, 15) is 0 Å². The molecule has 0 aliphatic carbocycles. The third-order valence-corrected chi connectivity index (χ3v) is 4.80. The van der Waals surface area contributed by atoms with Gasteiger partial charge in [-0.1, -0.05) is 54.6 Å². The fourth-order valence-electron chi connectivity index (χ4n) is 2.84. The van der Waals surface area contributed by atoms with Crippen LogP contribution < -0.4 is 4.90 Å². The van der Waals surface area contributed by atoms with Gasteiger partial charge >= 0.3 is 0 Å². The van der Waals surface area contributed by atoms with Crippen LogP contribution in [0, 0.1) is 3.57 Å². The van der Waals surface area contributed by atoms with Gasteiger partial charge in [-0.15, -0.1) is 0 Å². The maximum Gasteiger partial charge on any atom is 0.0361 e. The molecule has 0 bridgehead atoms. The summed E-state index contributed by atoms with van der Waals surface area (Å²) in [7, 11) is 4.14. The molecule has 0 aliphatic heterocycles. The molecule has 0 radical (unpaired) electrons. The lowest BCUT2D eigenvalue weighted by atomic mass is 9.85. The number of halogens is 1. The molecular weight excluding hydrogens is 393 g/mol. The average molecular weight is 413 g/mol. The maximum absolute atomic E-state index is 2.36. The van der Waals surface area contributed by atoms with Gasteiger partial charge in [-0.25, -0.2) is 0 Å². The van der Waals surface area contributed by atoms with E-state index >= 15 is 0 Å². The molecule has 0 saturated carbocycles. The molecule has 2 heteroatoms. The van der Waals surface area contributed by atoms with Gasteiger partial charge < -0.3 is 4.90 Å². The van der Waals surface area contributed by atoms with Crippen molar-refractivity contribution in [2.75, 3.05) is 19.0 Å². The lowest BCUT2D eigenvalue weighted by Gasteiger charge is -2.20. The van der Waals surface area contributed by atoms with Crippen LogP contribution in [0.15, 0.2) is 78.9 Å². The first-order valence-corrected chi connectivity index (χ1v) is 8.81. The van der Waals surface area contributed by atoms with Crippen molar-refractivity contribution in [2.24, 2.45) is 0 Å². The molecule has 0 N–H and O–H groups in total. The zero-order valence-corrected chi connectivity index (χ0v) is 15.6.